The Hall–Kier alpha value is -1.37. The first-order chi connectivity index (χ1) is 12.5. The number of nitrogens with zero attached hydrogens (tertiary/aromatic N) is 1. The van der Waals surface area contributed by atoms with Crippen molar-refractivity contribution in [1.82, 2.24) is 4.31 Å². The summed E-state index contributed by atoms with van der Waals surface area (Å²) in [5.41, 5.74) is 1.32. The molecule has 1 aliphatic rings. The van der Waals surface area contributed by atoms with Gasteiger partial charge in [0.25, 0.3) is 0 Å². The summed E-state index contributed by atoms with van der Waals surface area (Å²) in [6.07, 6.45) is 2.80. The lowest BCUT2D eigenvalue weighted by Crippen LogP contribution is -2.38. The van der Waals surface area contributed by atoms with Crippen molar-refractivity contribution in [1.29, 1.82) is 0 Å². The van der Waals surface area contributed by atoms with Gasteiger partial charge in [-0.05, 0) is 65.7 Å². The number of sulfonamides is 1. The van der Waals surface area contributed by atoms with E-state index in [1.165, 1.54) is 5.56 Å². The molecule has 2 aromatic carbocycles. The zero-order valence-corrected chi connectivity index (χ0v) is 17.3. The third-order valence-corrected chi connectivity index (χ3v) is 7.33. The van der Waals surface area contributed by atoms with E-state index in [1.54, 1.807) is 22.5 Å². The van der Waals surface area contributed by atoms with Gasteiger partial charge in [0.2, 0.25) is 10.0 Å². The van der Waals surface area contributed by atoms with Crippen molar-refractivity contribution in [2.24, 2.45) is 5.92 Å². The average molecular weight is 438 g/mol. The molecule has 4 nitrogen and oxygen atoms in total. The number of halogens is 1. The molecule has 1 fully saturated rings. The van der Waals surface area contributed by atoms with E-state index < -0.39 is 10.0 Å². The highest BCUT2D eigenvalue weighted by atomic mass is 79.9. The van der Waals surface area contributed by atoms with Gasteiger partial charge in [0, 0.05) is 19.2 Å². The minimum atomic E-state index is -3.48. The molecule has 0 atom stereocenters. The molecule has 1 saturated heterocycles. The quantitative estimate of drug-likeness (QED) is 0.668. The van der Waals surface area contributed by atoms with E-state index in [0.29, 0.717) is 36.3 Å². The molecule has 2 aromatic rings. The first-order valence-corrected chi connectivity index (χ1v) is 11.2. The largest absolute Gasteiger partial charge is 0.493 e. The Bertz CT molecular complexity index is 831. The van der Waals surface area contributed by atoms with E-state index in [9.17, 15) is 8.42 Å². The fourth-order valence-electron chi connectivity index (χ4n) is 3.36. The number of ether oxygens (including phenoxy) is 1. The molecule has 6 heteroatoms. The summed E-state index contributed by atoms with van der Waals surface area (Å²) in [6, 6.07) is 15.4. The Balaban J connectivity index is 1.67. The molecule has 0 spiro atoms. The smallest absolute Gasteiger partial charge is 0.243 e. The second-order valence-corrected chi connectivity index (χ2v) is 9.35. The van der Waals surface area contributed by atoms with Crippen LogP contribution in [0.2, 0.25) is 0 Å². The van der Waals surface area contributed by atoms with Crippen molar-refractivity contribution in [3.8, 4) is 5.75 Å². The first-order valence-electron chi connectivity index (χ1n) is 8.97. The number of piperidine rings is 1. The topological polar surface area (TPSA) is 46.6 Å². The first kappa shape index (κ1) is 19.4. The summed E-state index contributed by atoms with van der Waals surface area (Å²) < 4.78 is 33.8. The fraction of sp³-hybridized carbons (Fsp3) is 0.400. The lowest BCUT2D eigenvalue weighted by atomic mass is 9.91. The maximum absolute atomic E-state index is 13.0. The van der Waals surface area contributed by atoms with Crippen LogP contribution in [0.4, 0.5) is 0 Å². The van der Waals surface area contributed by atoms with Gasteiger partial charge in [-0.15, -0.1) is 0 Å². The molecular formula is C20H24BrNO3S. The number of rotatable bonds is 6. The van der Waals surface area contributed by atoms with Crippen molar-refractivity contribution in [2.75, 3.05) is 19.7 Å². The van der Waals surface area contributed by atoms with Gasteiger partial charge in [0.15, 0.2) is 0 Å². The zero-order valence-electron chi connectivity index (χ0n) is 14.9. The van der Waals surface area contributed by atoms with Gasteiger partial charge in [-0.2, -0.15) is 4.31 Å². The maximum Gasteiger partial charge on any atom is 0.243 e. The average Bonchev–Trinajstić information content (AvgIpc) is 2.65. The van der Waals surface area contributed by atoms with Gasteiger partial charge in [0.05, 0.1) is 16.0 Å². The predicted octanol–water partition coefficient (Wildman–Crippen LogP) is 4.49. The molecule has 3 rings (SSSR count). The predicted molar refractivity (Wildman–Crippen MR) is 107 cm³/mol. The van der Waals surface area contributed by atoms with E-state index in [-0.39, 0.29) is 0 Å². The van der Waals surface area contributed by atoms with E-state index in [0.717, 1.165) is 23.7 Å². The summed E-state index contributed by atoms with van der Waals surface area (Å²) in [4.78, 5) is 0.297. The van der Waals surface area contributed by atoms with E-state index in [4.69, 9.17) is 4.74 Å². The molecule has 26 heavy (non-hydrogen) atoms. The summed E-state index contributed by atoms with van der Waals surface area (Å²) in [7, 11) is -3.48. The van der Waals surface area contributed by atoms with Crippen LogP contribution in [0, 0.1) is 5.92 Å². The Morgan fingerprint density at radius 1 is 1.12 bits per heavy atom. The SMILES string of the molecule is CCOc1cc(S(=O)(=O)N2CCC(Cc3ccccc3)CC2)ccc1Br. The van der Waals surface area contributed by atoms with Crippen LogP contribution in [-0.2, 0) is 16.4 Å². The molecule has 0 bridgehead atoms. The fourth-order valence-corrected chi connectivity index (χ4v) is 5.21. The van der Waals surface area contributed by atoms with Gasteiger partial charge in [-0.1, -0.05) is 30.3 Å². The third kappa shape index (κ3) is 4.48. The molecule has 1 aliphatic heterocycles. The molecule has 0 N–H and O–H groups in total. The molecular weight excluding hydrogens is 414 g/mol. The monoisotopic (exact) mass is 437 g/mol. The summed E-state index contributed by atoms with van der Waals surface area (Å²) in [5, 5.41) is 0. The van der Waals surface area contributed by atoms with Gasteiger partial charge in [-0.3, -0.25) is 0 Å². The van der Waals surface area contributed by atoms with Gasteiger partial charge >= 0.3 is 0 Å². The second-order valence-electron chi connectivity index (χ2n) is 6.56. The van der Waals surface area contributed by atoms with Crippen molar-refractivity contribution in [3.63, 3.8) is 0 Å². The summed E-state index contributed by atoms with van der Waals surface area (Å²) in [5.74, 6) is 1.10. The Kier molecular flexibility index (Phi) is 6.37. The van der Waals surface area contributed by atoms with Crippen LogP contribution in [0.3, 0.4) is 0 Å². The molecule has 0 aromatic heterocycles. The van der Waals surface area contributed by atoms with E-state index >= 15 is 0 Å². The summed E-state index contributed by atoms with van der Waals surface area (Å²) in [6.45, 7) is 3.51. The Morgan fingerprint density at radius 2 is 1.81 bits per heavy atom. The molecule has 1 heterocycles. The molecule has 0 saturated carbocycles. The third-order valence-electron chi connectivity index (χ3n) is 4.78. The van der Waals surface area contributed by atoms with Crippen LogP contribution >= 0.6 is 15.9 Å². The van der Waals surface area contributed by atoms with Crippen LogP contribution in [0.25, 0.3) is 0 Å². The Morgan fingerprint density at radius 3 is 2.46 bits per heavy atom. The molecule has 0 radical (unpaired) electrons. The zero-order chi connectivity index (χ0) is 18.6. The second kappa shape index (κ2) is 8.55. The standard InChI is InChI=1S/C20H24BrNO3S/c1-2-25-20-15-18(8-9-19(20)21)26(23,24)22-12-10-17(11-13-22)14-16-6-4-3-5-7-16/h3-9,15,17H,2,10-14H2,1H3. The Labute approximate surface area is 164 Å². The van der Waals surface area contributed by atoms with E-state index in [2.05, 4.69) is 40.2 Å². The van der Waals surface area contributed by atoms with Crippen LogP contribution in [-0.4, -0.2) is 32.4 Å². The molecule has 140 valence electrons. The number of hydrogen-bond donors (Lipinski definition) is 0. The van der Waals surface area contributed by atoms with Gasteiger partial charge in [-0.25, -0.2) is 8.42 Å². The van der Waals surface area contributed by atoms with Crippen LogP contribution in [0.5, 0.6) is 5.75 Å². The number of benzene rings is 2. The molecule has 0 unspecified atom stereocenters. The van der Waals surface area contributed by atoms with E-state index in [1.807, 2.05) is 13.0 Å². The normalized spacial score (nSPS) is 16.5. The molecule has 0 amide bonds. The highest BCUT2D eigenvalue weighted by molar-refractivity contribution is 9.10. The van der Waals surface area contributed by atoms with Crippen LogP contribution in [0.1, 0.15) is 25.3 Å². The molecule has 0 aliphatic carbocycles. The highest BCUT2D eigenvalue weighted by Gasteiger charge is 2.30. The van der Waals surface area contributed by atoms with Gasteiger partial charge < -0.3 is 4.74 Å². The van der Waals surface area contributed by atoms with Crippen molar-refractivity contribution < 1.29 is 13.2 Å². The van der Waals surface area contributed by atoms with Gasteiger partial charge in [0.1, 0.15) is 5.75 Å². The lowest BCUT2D eigenvalue weighted by molar-refractivity contribution is 0.272. The number of hydrogen-bond acceptors (Lipinski definition) is 3. The van der Waals surface area contributed by atoms with Crippen molar-refractivity contribution >= 4 is 26.0 Å². The van der Waals surface area contributed by atoms with Crippen molar-refractivity contribution in [2.45, 2.75) is 31.1 Å². The minimum absolute atomic E-state index is 0.297. The highest BCUT2D eigenvalue weighted by Crippen LogP contribution is 2.31. The van der Waals surface area contributed by atoms with Crippen molar-refractivity contribution in [3.05, 3.63) is 58.6 Å². The lowest BCUT2D eigenvalue weighted by Gasteiger charge is -2.31. The maximum atomic E-state index is 13.0. The van der Waals surface area contributed by atoms with Crippen LogP contribution in [0.15, 0.2) is 57.9 Å². The van der Waals surface area contributed by atoms with Crippen LogP contribution < -0.4 is 4.74 Å². The minimum Gasteiger partial charge on any atom is -0.493 e. The summed E-state index contributed by atoms with van der Waals surface area (Å²) >= 11 is 3.40.